The Labute approximate surface area is 835 Å². The Morgan fingerprint density at radius 1 is 0.182 bits per heavy atom. The molecule has 4 heterocycles. The van der Waals surface area contributed by atoms with E-state index in [4.69, 9.17) is 55.1 Å². The third kappa shape index (κ3) is 30.7. The summed E-state index contributed by atoms with van der Waals surface area (Å²) in [5.74, 6) is -4.50. The molecule has 52 heteroatoms. The van der Waals surface area contributed by atoms with E-state index >= 15 is 0 Å². The molecule has 0 spiro atoms. The van der Waals surface area contributed by atoms with E-state index in [1.54, 1.807) is 146 Å². The molecule has 0 N–H and O–H groups in total. The van der Waals surface area contributed by atoms with Crippen LogP contribution < -0.4 is 250 Å². The Kier molecular flexibility index (Phi) is 36.9. The molecule has 40 nitrogen and oxygen atoms in total. The van der Waals surface area contributed by atoms with Gasteiger partial charge < -0.3 is 150 Å². The number of carbonyl (C=O) groups is 4. The first-order valence-electron chi connectivity index (χ1n) is 36.1. The van der Waals surface area contributed by atoms with E-state index in [9.17, 15) is 114 Å². The van der Waals surface area contributed by atoms with Crippen LogP contribution in [0.4, 0.5) is 0 Å². The maximum absolute atomic E-state index is 12.2. The molecule has 0 amide bonds. The summed E-state index contributed by atoms with van der Waals surface area (Å²) >= 11 is 0. The van der Waals surface area contributed by atoms with Gasteiger partial charge in [0.1, 0.15) is 147 Å². The van der Waals surface area contributed by atoms with E-state index in [0.717, 1.165) is 97.1 Å². The summed E-state index contributed by atoms with van der Waals surface area (Å²) in [6, 6.07) is 68.4. The van der Waals surface area contributed by atoms with Gasteiger partial charge in [-0.1, -0.05) is 121 Å². The van der Waals surface area contributed by atoms with Crippen molar-refractivity contribution >= 4 is 86.5 Å². The molecule has 16 rings (SSSR count). The largest absolute Gasteiger partial charge is 1.00 e. The molecule has 0 saturated heterocycles. The number of hydrogen-bond acceptors (Lipinski definition) is 40. The monoisotopic (exact) mass is 1990 g/mol. The van der Waals surface area contributed by atoms with Crippen LogP contribution >= 0.6 is 62.6 Å². The first-order valence-corrected chi connectivity index (χ1v) is 47.8. The number of carbonyl (C=O) groups excluding carboxylic acids is 4. The molecule has 0 aromatic heterocycles. The van der Waals surface area contributed by atoms with Crippen LogP contribution in [0.1, 0.15) is 68.2 Å². The van der Waals surface area contributed by atoms with Gasteiger partial charge in [-0.3, -0.25) is 19.2 Å². The van der Waals surface area contributed by atoms with Crippen molar-refractivity contribution in [3.63, 3.8) is 0 Å². The van der Waals surface area contributed by atoms with Crippen molar-refractivity contribution in [2.45, 2.75) is 23.7 Å². The van der Waals surface area contributed by atoms with Gasteiger partial charge in [0, 0.05) is 22.3 Å². The van der Waals surface area contributed by atoms with Gasteiger partial charge in [-0.2, -0.15) is 0 Å². The van der Waals surface area contributed by atoms with Crippen molar-refractivity contribution in [3.8, 4) is 92.0 Å². The van der Waals surface area contributed by atoms with Crippen LogP contribution in [-0.2, 0) is 55.7 Å². The maximum Gasteiger partial charge on any atom is 1.00 e. The number of rotatable bonds is 28. The van der Waals surface area contributed by atoms with Crippen LogP contribution in [0, 0.1) is 0 Å². The van der Waals surface area contributed by atoms with Crippen LogP contribution in [0.3, 0.4) is 0 Å². The average Bonchev–Trinajstić information content (AvgIpc) is 1.65. The van der Waals surface area contributed by atoms with Gasteiger partial charge in [-0.15, -0.1) is 0 Å². The molecule has 0 fully saturated rings. The maximum atomic E-state index is 12.2. The Balaban J connectivity index is 0.000000196. The van der Waals surface area contributed by atoms with Gasteiger partial charge in [-0.25, -0.2) is 18.3 Å². The predicted octanol–water partition coefficient (Wildman–Crippen LogP) is -4.50. The van der Waals surface area contributed by atoms with E-state index < -0.39 is 110 Å². The van der Waals surface area contributed by atoms with E-state index in [0.29, 0.717) is 67.5 Å². The molecule has 132 heavy (non-hydrogen) atoms. The third-order valence-corrected chi connectivity index (χ3v) is 22.7. The summed E-state index contributed by atoms with van der Waals surface area (Å²) in [6.45, 7) is 0. The first kappa shape index (κ1) is 107. The molecule has 0 radical (unpaired) electrons. The number of benzene rings is 12. The minimum absolute atomic E-state index is 0. The number of ether oxygens (including phenoxy) is 4. The van der Waals surface area contributed by atoms with Crippen molar-refractivity contribution in [1.29, 1.82) is 0 Å². The molecule has 12 aromatic rings. The van der Waals surface area contributed by atoms with E-state index in [2.05, 4.69) is 18.1 Å². The standard InChI is InChI=1S/4C20H16O10P2.4Na/c4*21-20-19(17-3-1-2-4-18(17)27-20)13-5-7-15(8-6-13)29-32(25,26)30-16-11-9-14(10-12-16)28-31(22,23)24;;;;/h4*1-12,19H,(H,25,26)(H2,22,23,24);;;;/q;;;;4*+1/p-12. The SMILES string of the molecule is O=C1Oc2ccccc2C1c1ccc(OP(=O)([O-])Oc2ccc(OP(=O)([O-])[O-])cc2)cc1.O=C1Oc2ccccc2C1c1ccc(OP(=O)([O-])Oc2ccc(OP(=O)([O-])[O-])cc2)cc1.O=C1Oc2ccccc2C1c1ccc(OP(=O)([O-])Oc2ccc(OP(=O)([O-])[O-])cc2)cc1.O=C1Oc2ccccc2C1c1ccc(OP(=O)([O-])Oc2ccc(OP(=O)([O-])[O-])cc2)cc1.[Na+].[Na+].[Na+].[Na+]. The van der Waals surface area contributed by atoms with E-state index in [1.807, 2.05) is 0 Å². The molecule has 4 aliphatic heterocycles. The molecule has 0 bridgehead atoms. The molecular formula is C80H52Na4O40P8-8. The fraction of sp³-hybridized carbons (Fsp3) is 0.0500. The summed E-state index contributed by atoms with van der Waals surface area (Å²) < 4.78 is 167. The van der Waals surface area contributed by atoms with Gasteiger partial charge in [0.2, 0.25) is 0 Å². The Hall–Kier alpha value is -8.52. The predicted molar refractivity (Wildman–Crippen MR) is 416 cm³/mol. The van der Waals surface area contributed by atoms with Crippen LogP contribution in [0.2, 0.25) is 0 Å². The van der Waals surface area contributed by atoms with Crippen LogP contribution in [0.5, 0.6) is 92.0 Å². The van der Waals surface area contributed by atoms with Gasteiger partial charge in [0.25, 0.3) is 0 Å². The molecule has 8 atom stereocenters. The summed E-state index contributed by atoms with van der Waals surface area (Å²) in [6.07, 6.45) is 0. The van der Waals surface area contributed by atoms with Crippen LogP contribution in [-0.4, -0.2) is 23.9 Å². The van der Waals surface area contributed by atoms with Crippen molar-refractivity contribution < 1.29 is 306 Å². The Morgan fingerprint density at radius 2 is 0.303 bits per heavy atom. The molecule has 8 unspecified atom stereocenters. The van der Waals surface area contributed by atoms with Gasteiger partial charge in [0.05, 0.1) is 0 Å². The molecular weight excluding hydrogens is 1940 g/mol. The fourth-order valence-electron chi connectivity index (χ4n) is 12.4. The summed E-state index contributed by atoms with van der Waals surface area (Å²) in [7, 11) is -40.4. The number of para-hydroxylation sites is 4. The number of phosphoric acid groups is 8. The second-order valence-corrected chi connectivity index (χ2v) is 35.7. The number of phosphoric ester groups is 8. The minimum Gasteiger partial charge on any atom is -0.780 e. The number of fused-ring (bicyclic) bond motifs is 4. The smallest absolute Gasteiger partial charge is 0.780 e. The molecule has 4 aliphatic rings. The zero-order chi connectivity index (χ0) is 91.7. The second-order valence-electron chi connectivity index (χ2n) is 26.4. The normalized spacial score (nSPS) is 16.6. The molecule has 0 aliphatic carbocycles. The molecule has 664 valence electrons. The summed E-state index contributed by atoms with van der Waals surface area (Å²) in [5.41, 5.74) is 5.22. The Bertz CT molecular complexity index is 5750. The van der Waals surface area contributed by atoms with Crippen molar-refractivity contribution in [2.24, 2.45) is 0 Å². The fourth-order valence-corrected chi connectivity index (χ4v) is 17.1. The average molecular weight is 1990 g/mol. The third-order valence-electron chi connectivity index (χ3n) is 17.5. The number of hydrogen-bond donors (Lipinski definition) is 0. The summed E-state index contributed by atoms with van der Waals surface area (Å²) in [4.78, 5) is 182. The molecule has 12 aromatic carbocycles. The second kappa shape index (κ2) is 45.4. The van der Waals surface area contributed by atoms with Crippen molar-refractivity contribution in [3.05, 3.63) is 336 Å². The first-order chi connectivity index (χ1) is 60.4. The summed E-state index contributed by atoms with van der Waals surface area (Å²) in [5, 5.41) is 0. The topological polar surface area (TPSA) is 629 Å². The zero-order valence-electron chi connectivity index (χ0n) is 67.9. The van der Waals surface area contributed by atoms with Gasteiger partial charge in [-0.05, 0) is 192 Å². The zero-order valence-corrected chi connectivity index (χ0v) is 83.1. The molecule has 0 saturated carbocycles. The quantitative estimate of drug-likeness (QED) is 0.0193. The van der Waals surface area contributed by atoms with E-state index in [-0.39, 0.29) is 187 Å². The van der Waals surface area contributed by atoms with Gasteiger partial charge in [0.15, 0.2) is 0 Å². The Morgan fingerprint density at radius 3 is 0.439 bits per heavy atom. The van der Waals surface area contributed by atoms with Crippen molar-refractivity contribution in [1.82, 2.24) is 0 Å². The number of esters is 4. The van der Waals surface area contributed by atoms with E-state index in [1.165, 1.54) is 48.5 Å². The van der Waals surface area contributed by atoms with Crippen LogP contribution in [0.15, 0.2) is 291 Å². The van der Waals surface area contributed by atoms with Gasteiger partial charge >= 0.3 is 173 Å². The van der Waals surface area contributed by atoms with Crippen molar-refractivity contribution in [2.75, 3.05) is 0 Å². The van der Waals surface area contributed by atoms with Crippen LogP contribution in [0.25, 0.3) is 0 Å². The minimum atomic E-state index is -5.23.